The lowest BCUT2D eigenvalue weighted by Crippen LogP contribution is -2.12. The number of fused-ring (bicyclic) bond motifs is 1. The molecule has 3 rings (SSSR count). The molecule has 0 unspecified atom stereocenters. The summed E-state index contributed by atoms with van der Waals surface area (Å²) in [5.41, 5.74) is 3.74. The van der Waals surface area contributed by atoms with E-state index in [2.05, 4.69) is 52.7 Å². The Balaban J connectivity index is 2.22. The van der Waals surface area contributed by atoms with Gasteiger partial charge in [-0.1, -0.05) is 45.0 Å². The number of nitrogens with one attached hydrogen (secondary N) is 1. The molecule has 0 bridgehead atoms. The van der Waals surface area contributed by atoms with Crippen LogP contribution in [0.1, 0.15) is 26.3 Å². The van der Waals surface area contributed by atoms with Crippen molar-refractivity contribution in [3.63, 3.8) is 0 Å². The van der Waals surface area contributed by atoms with E-state index in [0.717, 1.165) is 16.9 Å². The lowest BCUT2D eigenvalue weighted by atomic mass is 9.83. The molecule has 21 heavy (non-hydrogen) atoms. The Bertz CT molecular complexity index is 776. The first-order valence-corrected chi connectivity index (χ1v) is 7.60. The number of aromatic amines is 1. The van der Waals surface area contributed by atoms with Gasteiger partial charge in [-0.25, -0.2) is 9.37 Å². The van der Waals surface area contributed by atoms with Gasteiger partial charge >= 0.3 is 0 Å². The number of hydrogen-bond donors (Lipinski definition) is 1. The molecule has 0 aliphatic rings. The number of halogens is 2. The molecule has 0 aliphatic carbocycles. The first kappa shape index (κ1) is 14.3. The topological polar surface area (TPSA) is 28.7 Å². The molecule has 0 spiro atoms. The van der Waals surface area contributed by atoms with E-state index in [1.54, 1.807) is 6.07 Å². The Kier molecular flexibility index (Phi) is 3.36. The van der Waals surface area contributed by atoms with Crippen LogP contribution in [0.5, 0.6) is 0 Å². The summed E-state index contributed by atoms with van der Waals surface area (Å²) in [4.78, 5) is 7.83. The highest BCUT2D eigenvalue weighted by Gasteiger charge is 2.20. The van der Waals surface area contributed by atoms with Gasteiger partial charge in [0.2, 0.25) is 0 Å². The summed E-state index contributed by atoms with van der Waals surface area (Å²) < 4.78 is 14.1. The van der Waals surface area contributed by atoms with Crippen LogP contribution in [-0.4, -0.2) is 9.97 Å². The van der Waals surface area contributed by atoms with Crippen molar-refractivity contribution in [3.8, 4) is 11.4 Å². The van der Waals surface area contributed by atoms with E-state index in [4.69, 9.17) is 0 Å². The van der Waals surface area contributed by atoms with Gasteiger partial charge in [0, 0.05) is 11.6 Å². The van der Waals surface area contributed by atoms with Crippen molar-refractivity contribution in [1.82, 2.24) is 9.97 Å². The molecular formula is C17H16BrFN2. The third-order valence-corrected chi connectivity index (χ3v) is 4.12. The van der Waals surface area contributed by atoms with E-state index in [9.17, 15) is 4.39 Å². The van der Waals surface area contributed by atoms with Gasteiger partial charge in [-0.05, 0) is 33.0 Å². The van der Waals surface area contributed by atoms with E-state index >= 15 is 0 Å². The maximum Gasteiger partial charge on any atom is 0.139 e. The van der Waals surface area contributed by atoms with E-state index in [1.807, 2.05) is 18.2 Å². The fourth-order valence-electron chi connectivity index (χ4n) is 2.48. The molecule has 0 fully saturated rings. The Morgan fingerprint density at radius 3 is 2.57 bits per heavy atom. The van der Waals surface area contributed by atoms with Crippen molar-refractivity contribution in [1.29, 1.82) is 0 Å². The van der Waals surface area contributed by atoms with Gasteiger partial charge in [-0.3, -0.25) is 0 Å². The summed E-state index contributed by atoms with van der Waals surface area (Å²) >= 11 is 3.20. The zero-order chi connectivity index (χ0) is 15.2. The lowest BCUT2D eigenvalue weighted by molar-refractivity contribution is 0.591. The SMILES string of the molecule is CC(C)(C)c1ccccc1-c1nc2cc(Br)c(F)cc2[nH]1. The minimum atomic E-state index is -0.290. The molecule has 3 aromatic rings. The summed E-state index contributed by atoms with van der Waals surface area (Å²) in [5.74, 6) is 0.481. The molecule has 0 saturated heterocycles. The number of nitrogens with zero attached hydrogens (tertiary/aromatic N) is 1. The Morgan fingerprint density at radius 2 is 1.86 bits per heavy atom. The molecule has 0 amide bonds. The van der Waals surface area contributed by atoms with Crippen LogP contribution in [0.2, 0.25) is 0 Å². The largest absolute Gasteiger partial charge is 0.338 e. The van der Waals surface area contributed by atoms with Crippen LogP contribution in [-0.2, 0) is 5.41 Å². The summed E-state index contributed by atoms with van der Waals surface area (Å²) in [6, 6.07) is 11.3. The summed E-state index contributed by atoms with van der Waals surface area (Å²) in [7, 11) is 0. The average molecular weight is 347 g/mol. The zero-order valence-corrected chi connectivity index (χ0v) is 13.8. The smallest absolute Gasteiger partial charge is 0.139 e. The van der Waals surface area contributed by atoms with Crippen molar-refractivity contribution in [3.05, 3.63) is 52.3 Å². The van der Waals surface area contributed by atoms with E-state index in [1.165, 1.54) is 11.6 Å². The van der Waals surface area contributed by atoms with Crippen molar-refractivity contribution in [2.24, 2.45) is 0 Å². The van der Waals surface area contributed by atoms with Crippen molar-refractivity contribution in [2.45, 2.75) is 26.2 Å². The molecule has 1 heterocycles. The second-order valence-electron chi connectivity index (χ2n) is 6.16. The zero-order valence-electron chi connectivity index (χ0n) is 12.2. The first-order valence-electron chi connectivity index (χ1n) is 6.81. The molecule has 2 nitrogen and oxygen atoms in total. The first-order chi connectivity index (χ1) is 9.86. The Labute approximate surface area is 131 Å². The summed E-state index contributed by atoms with van der Waals surface area (Å²) in [5, 5.41) is 0. The molecule has 0 saturated carbocycles. The van der Waals surface area contributed by atoms with Gasteiger partial charge in [0.25, 0.3) is 0 Å². The van der Waals surface area contributed by atoms with Crippen LogP contribution >= 0.6 is 15.9 Å². The number of imidazole rings is 1. The van der Waals surface area contributed by atoms with E-state index in [0.29, 0.717) is 9.99 Å². The molecule has 2 aromatic carbocycles. The second-order valence-corrected chi connectivity index (χ2v) is 7.02. The summed E-state index contributed by atoms with van der Waals surface area (Å²) in [6.45, 7) is 6.51. The standard InChI is InChI=1S/C17H16BrFN2/c1-17(2,3)11-7-5-4-6-10(11)16-20-14-8-12(18)13(19)9-15(14)21-16/h4-9H,1-3H3,(H,20,21). The van der Waals surface area contributed by atoms with Crippen LogP contribution in [0.3, 0.4) is 0 Å². The monoisotopic (exact) mass is 346 g/mol. The average Bonchev–Trinajstić information content (AvgIpc) is 2.81. The number of aromatic nitrogens is 2. The van der Waals surface area contributed by atoms with Crippen LogP contribution in [0.25, 0.3) is 22.4 Å². The molecule has 4 heteroatoms. The highest BCUT2D eigenvalue weighted by molar-refractivity contribution is 9.10. The minimum absolute atomic E-state index is 0.0153. The van der Waals surface area contributed by atoms with Gasteiger partial charge < -0.3 is 4.98 Å². The predicted molar refractivity (Wildman–Crippen MR) is 87.9 cm³/mol. The maximum absolute atomic E-state index is 13.6. The van der Waals surface area contributed by atoms with Crippen LogP contribution in [0, 0.1) is 5.82 Å². The third-order valence-electron chi connectivity index (χ3n) is 3.51. The molecule has 1 aromatic heterocycles. The van der Waals surface area contributed by atoms with Gasteiger partial charge in [0.15, 0.2) is 0 Å². The number of H-pyrrole nitrogens is 1. The predicted octanol–water partition coefficient (Wildman–Crippen LogP) is 5.43. The Morgan fingerprint density at radius 1 is 1.14 bits per heavy atom. The van der Waals surface area contributed by atoms with Gasteiger partial charge in [0.1, 0.15) is 11.6 Å². The fourth-order valence-corrected chi connectivity index (χ4v) is 2.81. The molecule has 0 atom stereocenters. The van der Waals surface area contributed by atoms with Crippen molar-refractivity contribution in [2.75, 3.05) is 0 Å². The van der Waals surface area contributed by atoms with Gasteiger partial charge in [0.05, 0.1) is 15.5 Å². The number of rotatable bonds is 1. The second kappa shape index (κ2) is 4.95. The normalized spacial score (nSPS) is 12.0. The minimum Gasteiger partial charge on any atom is -0.338 e. The van der Waals surface area contributed by atoms with Crippen molar-refractivity contribution >= 4 is 27.0 Å². The van der Waals surface area contributed by atoms with Gasteiger partial charge in [-0.2, -0.15) is 0 Å². The Hall–Kier alpha value is -1.68. The number of benzene rings is 2. The lowest BCUT2D eigenvalue weighted by Gasteiger charge is -2.21. The molecule has 108 valence electrons. The quantitative estimate of drug-likeness (QED) is 0.625. The van der Waals surface area contributed by atoms with Crippen LogP contribution in [0.4, 0.5) is 4.39 Å². The van der Waals surface area contributed by atoms with Gasteiger partial charge in [-0.15, -0.1) is 0 Å². The third kappa shape index (κ3) is 2.60. The molecule has 0 radical (unpaired) electrons. The number of hydrogen-bond acceptors (Lipinski definition) is 1. The maximum atomic E-state index is 13.6. The molecule has 0 aliphatic heterocycles. The molecular weight excluding hydrogens is 331 g/mol. The molecule has 1 N–H and O–H groups in total. The van der Waals surface area contributed by atoms with Crippen LogP contribution < -0.4 is 0 Å². The summed E-state index contributed by atoms with van der Waals surface area (Å²) in [6.07, 6.45) is 0. The highest BCUT2D eigenvalue weighted by Crippen LogP contribution is 2.33. The van der Waals surface area contributed by atoms with E-state index in [-0.39, 0.29) is 11.2 Å². The fraction of sp³-hybridized carbons (Fsp3) is 0.235. The highest BCUT2D eigenvalue weighted by atomic mass is 79.9. The van der Waals surface area contributed by atoms with Crippen LogP contribution in [0.15, 0.2) is 40.9 Å². The van der Waals surface area contributed by atoms with E-state index < -0.39 is 0 Å². The van der Waals surface area contributed by atoms with Crippen molar-refractivity contribution < 1.29 is 4.39 Å².